The van der Waals surface area contributed by atoms with Crippen LogP contribution in [0.25, 0.3) is 0 Å². The molecule has 0 radical (unpaired) electrons. The summed E-state index contributed by atoms with van der Waals surface area (Å²) in [5, 5.41) is 0. The molecule has 118 valence electrons. The number of ether oxygens (including phenoxy) is 1. The SMILES string of the molecule is CCCN1CCN(C(c2ccc(OC)cc2)C(C)N)CC1. The number of hydrogen-bond acceptors (Lipinski definition) is 4. The second kappa shape index (κ2) is 7.78. The molecule has 0 spiro atoms. The molecule has 0 bridgehead atoms. The summed E-state index contributed by atoms with van der Waals surface area (Å²) in [7, 11) is 1.70. The normalized spacial score (nSPS) is 20.2. The predicted molar refractivity (Wildman–Crippen MR) is 87.7 cm³/mol. The number of piperazine rings is 1. The maximum Gasteiger partial charge on any atom is 0.118 e. The Hall–Kier alpha value is -1.10. The van der Waals surface area contributed by atoms with Gasteiger partial charge in [-0.3, -0.25) is 4.90 Å². The van der Waals surface area contributed by atoms with Crippen molar-refractivity contribution in [2.24, 2.45) is 5.73 Å². The Morgan fingerprint density at radius 2 is 1.76 bits per heavy atom. The molecule has 2 rings (SSSR count). The molecule has 0 aromatic heterocycles. The summed E-state index contributed by atoms with van der Waals surface area (Å²) < 4.78 is 5.24. The Morgan fingerprint density at radius 3 is 2.24 bits per heavy atom. The molecular weight excluding hydrogens is 262 g/mol. The lowest BCUT2D eigenvalue weighted by Crippen LogP contribution is -2.50. The minimum atomic E-state index is 0.121. The molecule has 0 saturated carbocycles. The van der Waals surface area contributed by atoms with E-state index in [0.717, 1.165) is 31.9 Å². The molecule has 1 aliphatic heterocycles. The highest BCUT2D eigenvalue weighted by Crippen LogP contribution is 2.26. The highest BCUT2D eigenvalue weighted by Gasteiger charge is 2.27. The number of benzene rings is 1. The van der Waals surface area contributed by atoms with Crippen molar-refractivity contribution >= 4 is 0 Å². The Bertz CT molecular complexity index is 411. The Balaban J connectivity index is 2.05. The summed E-state index contributed by atoms with van der Waals surface area (Å²) in [5.74, 6) is 0.898. The van der Waals surface area contributed by atoms with E-state index in [1.54, 1.807) is 7.11 Å². The second-order valence-corrected chi connectivity index (χ2v) is 5.95. The fraction of sp³-hybridized carbons (Fsp3) is 0.647. The van der Waals surface area contributed by atoms with Crippen LogP contribution in [0.3, 0.4) is 0 Å². The van der Waals surface area contributed by atoms with E-state index in [9.17, 15) is 0 Å². The smallest absolute Gasteiger partial charge is 0.118 e. The van der Waals surface area contributed by atoms with Gasteiger partial charge in [0.2, 0.25) is 0 Å². The van der Waals surface area contributed by atoms with Crippen LogP contribution < -0.4 is 10.5 Å². The lowest BCUT2D eigenvalue weighted by molar-refractivity contribution is 0.0868. The summed E-state index contributed by atoms with van der Waals surface area (Å²) in [4.78, 5) is 5.07. The average molecular weight is 291 g/mol. The first-order valence-corrected chi connectivity index (χ1v) is 8.01. The second-order valence-electron chi connectivity index (χ2n) is 5.95. The quantitative estimate of drug-likeness (QED) is 0.871. The summed E-state index contributed by atoms with van der Waals surface area (Å²) in [6.45, 7) is 10.0. The van der Waals surface area contributed by atoms with Crippen molar-refractivity contribution in [3.05, 3.63) is 29.8 Å². The minimum absolute atomic E-state index is 0.121. The Kier molecular flexibility index (Phi) is 6.03. The number of rotatable bonds is 6. The van der Waals surface area contributed by atoms with Gasteiger partial charge in [0.15, 0.2) is 0 Å². The Labute approximate surface area is 128 Å². The lowest BCUT2D eigenvalue weighted by Gasteiger charge is -2.41. The number of nitrogens with zero attached hydrogens (tertiary/aromatic N) is 2. The van der Waals surface area contributed by atoms with Gasteiger partial charge >= 0.3 is 0 Å². The summed E-state index contributed by atoms with van der Waals surface area (Å²) in [5.41, 5.74) is 7.56. The molecule has 4 heteroatoms. The maximum absolute atomic E-state index is 6.28. The highest BCUT2D eigenvalue weighted by molar-refractivity contribution is 5.30. The zero-order valence-electron chi connectivity index (χ0n) is 13.6. The maximum atomic E-state index is 6.28. The van der Waals surface area contributed by atoms with E-state index in [0.29, 0.717) is 6.04 Å². The lowest BCUT2D eigenvalue weighted by atomic mass is 9.98. The van der Waals surface area contributed by atoms with Crippen molar-refractivity contribution in [1.82, 2.24) is 9.80 Å². The van der Waals surface area contributed by atoms with Gasteiger partial charge in [-0.05, 0) is 37.6 Å². The molecule has 21 heavy (non-hydrogen) atoms. The first-order valence-electron chi connectivity index (χ1n) is 8.01. The van der Waals surface area contributed by atoms with Crippen molar-refractivity contribution in [3.8, 4) is 5.75 Å². The summed E-state index contributed by atoms with van der Waals surface area (Å²) >= 11 is 0. The number of nitrogens with two attached hydrogens (primary N) is 1. The van der Waals surface area contributed by atoms with Gasteiger partial charge in [-0.15, -0.1) is 0 Å². The molecule has 0 aliphatic carbocycles. The van der Waals surface area contributed by atoms with Crippen LogP contribution in [-0.4, -0.2) is 55.7 Å². The van der Waals surface area contributed by atoms with Gasteiger partial charge in [-0.2, -0.15) is 0 Å². The van der Waals surface area contributed by atoms with Crippen molar-refractivity contribution in [2.45, 2.75) is 32.4 Å². The average Bonchev–Trinajstić information content (AvgIpc) is 2.50. The van der Waals surface area contributed by atoms with Gasteiger partial charge in [0.25, 0.3) is 0 Å². The van der Waals surface area contributed by atoms with Crippen LogP contribution in [0.15, 0.2) is 24.3 Å². The zero-order valence-corrected chi connectivity index (χ0v) is 13.6. The molecule has 1 aromatic carbocycles. The molecule has 2 unspecified atom stereocenters. The Morgan fingerprint density at radius 1 is 1.14 bits per heavy atom. The minimum Gasteiger partial charge on any atom is -0.497 e. The fourth-order valence-electron chi connectivity index (χ4n) is 3.23. The molecule has 1 aliphatic rings. The standard InChI is InChI=1S/C17H29N3O/c1-4-9-19-10-12-20(13-11-19)17(14(2)18)15-5-7-16(21-3)8-6-15/h5-8,14,17H,4,9-13,18H2,1-3H3. The van der Waals surface area contributed by atoms with E-state index in [-0.39, 0.29) is 6.04 Å². The van der Waals surface area contributed by atoms with Gasteiger partial charge in [0.1, 0.15) is 5.75 Å². The van der Waals surface area contributed by atoms with Gasteiger partial charge in [-0.25, -0.2) is 0 Å². The predicted octanol–water partition coefficient (Wildman–Crippen LogP) is 2.11. The number of hydrogen-bond donors (Lipinski definition) is 1. The van der Waals surface area contributed by atoms with E-state index in [4.69, 9.17) is 10.5 Å². The van der Waals surface area contributed by atoms with Crippen LogP contribution in [0, 0.1) is 0 Å². The molecule has 0 amide bonds. The van der Waals surface area contributed by atoms with Crippen molar-refractivity contribution in [3.63, 3.8) is 0 Å². The van der Waals surface area contributed by atoms with Crippen molar-refractivity contribution < 1.29 is 4.74 Å². The van der Waals surface area contributed by atoms with E-state index in [1.165, 1.54) is 18.5 Å². The van der Waals surface area contributed by atoms with Crippen LogP contribution in [-0.2, 0) is 0 Å². The molecule has 2 atom stereocenters. The third-order valence-electron chi connectivity index (χ3n) is 4.30. The molecule has 1 aromatic rings. The zero-order chi connectivity index (χ0) is 15.2. The molecule has 1 fully saturated rings. The molecule has 2 N–H and O–H groups in total. The van der Waals surface area contributed by atoms with Crippen molar-refractivity contribution in [1.29, 1.82) is 0 Å². The topological polar surface area (TPSA) is 41.7 Å². The van der Waals surface area contributed by atoms with Crippen LogP contribution in [0.2, 0.25) is 0 Å². The first-order chi connectivity index (χ1) is 10.2. The largest absolute Gasteiger partial charge is 0.497 e. The molecule has 1 heterocycles. The van der Waals surface area contributed by atoms with Crippen molar-refractivity contribution in [2.75, 3.05) is 39.8 Å². The van der Waals surface area contributed by atoms with E-state index >= 15 is 0 Å². The molecule has 4 nitrogen and oxygen atoms in total. The van der Waals surface area contributed by atoms with E-state index < -0.39 is 0 Å². The first kappa shape index (κ1) is 16.3. The van der Waals surface area contributed by atoms with Gasteiger partial charge < -0.3 is 15.4 Å². The van der Waals surface area contributed by atoms with Gasteiger partial charge in [0, 0.05) is 38.3 Å². The summed E-state index contributed by atoms with van der Waals surface area (Å²) in [6, 6.07) is 8.75. The van der Waals surface area contributed by atoms with E-state index in [1.807, 2.05) is 12.1 Å². The van der Waals surface area contributed by atoms with Gasteiger partial charge in [0.05, 0.1) is 7.11 Å². The third kappa shape index (κ3) is 4.19. The van der Waals surface area contributed by atoms with Crippen LogP contribution >= 0.6 is 0 Å². The monoisotopic (exact) mass is 291 g/mol. The molecular formula is C17H29N3O. The third-order valence-corrected chi connectivity index (χ3v) is 4.30. The van der Waals surface area contributed by atoms with Crippen LogP contribution in [0.5, 0.6) is 5.75 Å². The number of methoxy groups -OCH3 is 1. The fourth-order valence-corrected chi connectivity index (χ4v) is 3.23. The highest BCUT2D eigenvalue weighted by atomic mass is 16.5. The van der Waals surface area contributed by atoms with Gasteiger partial charge in [-0.1, -0.05) is 19.1 Å². The van der Waals surface area contributed by atoms with E-state index in [2.05, 4.69) is 35.8 Å². The van der Waals surface area contributed by atoms with Crippen LogP contribution in [0.1, 0.15) is 31.9 Å². The summed E-state index contributed by atoms with van der Waals surface area (Å²) in [6.07, 6.45) is 1.23. The molecule has 1 saturated heterocycles. The van der Waals surface area contributed by atoms with Crippen LogP contribution in [0.4, 0.5) is 0 Å².